The van der Waals surface area contributed by atoms with Crippen LogP contribution in [0.5, 0.6) is 0 Å². The highest BCUT2D eigenvalue weighted by Gasteiger charge is 2.32. The molecule has 23 heavy (non-hydrogen) atoms. The molecule has 0 radical (unpaired) electrons. The number of benzene rings is 1. The number of amides is 1. The smallest absolute Gasteiger partial charge is 0.338 e. The maximum Gasteiger partial charge on any atom is 0.338 e. The van der Waals surface area contributed by atoms with Gasteiger partial charge in [0.2, 0.25) is 0 Å². The zero-order valence-electron chi connectivity index (χ0n) is 13.5. The van der Waals surface area contributed by atoms with Gasteiger partial charge in [0.15, 0.2) is 16.4 Å². The molecule has 0 aliphatic carbocycles. The predicted molar refractivity (Wildman–Crippen MR) is 86.0 cm³/mol. The van der Waals surface area contributed by atoms with Crippen LogP contribution in [0.4, 0.5) is 0 Å². The average molecular weight is 339 g/mol. The minimum Gasteiger partial charge on any atom is -0.452 e. The molecule has 126 valence electrons. The first-order chi connectivity index (χ1) is 10.7. The van der Waals surface area contributed by atoms with E-state index in [0.29, 0.717) is 12.0 Å². The van der Waals surface area contributed by atoms with Crippen molar-refractivity contribution in [1.82, 2.24) is 4.90 Å². The number of sulfone groups is 1. The average Bonchev–Trinajstić information content (AvgIpc) is 2.86. The predicted octanol–water partition coefficient (Wildman–Crippen LogP) is 1.11. The van der Waals surface area contributed by atoms with E-state index >= 15 is 0 Å². The van der Waals surface area contributed by atoms with Crippen molar-refractivity contribution in [3.05, 3.63) is 34.9 Å². The van der Waals surface area contributed by atoms with Gasteiger partial charge in [-0.1, -0.05) is 17.7 Å². The Labute approximate surface area is 136 Å². The molecule has 1 amide bonds. The summed E-state index contributed by atoms with van der Waals surface area (Å²) in [5.74, 6) is -0.879. The standard InChI is InChI=1S/C16H21NO5S/c1-11-4-5-12(2)14(8-11)16(19)22-9-15(18)17(3)13-6-7-23(20,21)10-13/h4-5,8,13H,6-7,9-10H2,1-3H3/t13-/m0/s1. The molecule has 1 aromatic rings. The summed E-state index contributed by atoms with van der Waals surface area (Å²) in [5, 5.41) is 0. The second kappa shape index (κ2) is 6.70. The lowest BCUT2D eigenvalue weighted by molar-refractivity contribution is -0.134. The molecule has 6 nitrogen and oxygen atoms in total. The second-order valence-corrected chi connectivity index (χ2v) is 8.18. The maximum atomic E-state index is 12.1. The molecule has 1 aliphatic rings. The van der Waals surface area contributed by atoms with E-state index in [-0.39, 0.29) is 24.2 Å². The van der Waals surface area contributed by atoms with Crippen LogP contribution in [0.3, 0.4) is 0 Å². The van der Waals surface area contributed by atoms with Crippen LogP contribution in [-0.2, 0) is 19.4 Å². The van der Waals surface area contributed by atoms with Gasteiger partial charge in [-0.2, -0.15) is 0 Å². The number of hydrogen-bond donors (Lipinski definition) is 0. The lowest BCUT2D eigenvalue weighted by Crippen LogP contribution is -2.40. The monoisotopic (exact) mass is 339 g/mol. The lowest BCUT2D eigenvalue weighted by atomic mass is 10.1. The molecule has 7 heteroatoms. The Morgan fingerprint density at radius 3 is 2.61 bits per heavy atom. The van der Waals surface area contributed by atoms with Crippen molar-refractivity contribution in [3.8, 4) is 0 Å². The molecule has 1 aromatic carbocycles. The summed E-state index contributed by atoms with van der Waals surface area (Å²) in [6, 6.07) is 5.09. The SMILES string of the molecule is Cc1ccc(C)c(C(=O)OCC(=O)N(C)[C@H]2CCS(=O)(=O)C2)c1. The lowest BCUT2D eigenvalue weighted by Gasteiger charge is -2.23. The molecule has 0 saturated carbocycles. The molecular weight excluding hydrogens is 318 g/mol. The number of hydrogen-bond acceptors (Lipinski definition) is 5. The fourth-order valence-electron chi connectivity index (χ4n) is 2.55. The number of aryl methyl sites for hydroxylation is 2. The van der Waals surface area contributed by atoms with E-state index < -0.39 is 21.7 Å². The molecule has 0 unspecified atom stereocenters. The molecule has 1 atom stereocenters. The van der Waals surface area contributed by atoms with Crippen molar-refractivity contribution >= 4 is 21.7 Å². The van der Waals surface area contributed by atoms with Gasteiger partial charge < -0.3 is 9.64 Å². The molecule has 1 aliphatic heterocycles. The van der Waals surface area contributed by atoms with Gasteiger partial charge in [0, 0.05) is 13.1 Å². The molecule has 1 fully saturated rings. The molecule has 1 saturated heterocycles. The zero-order valence-corrected chi connectivity index (χ0v) is 14.4. The van der Waals surface area contributed by atoms with Gasteiger partial charge in [-0.3, -0.25) is 4.79 Å². The summed E-state index contributed by atoms with van der Waals surface area (Å²) >= 11 is 0. The Hall–Kier alpha value is -1.89. The first-order valence-electron chi connectivity index (χ1n) is 7.40. The van der Waals surface area contributed by atoms with Gasteiger partial charge >= 0.3 is 5.97 Å². The molecule has 0 N–H and O–H groups in total. The number of nitrogens with zero attached hydrogens (tertiary/aromatic N) is 1. The van der Waals surface area contributed by atoms with E-state index in [1.807, 2.05) is 19.1 Å². The number of ether oxygens (including phenoxy) is 1. The van der Waals surface area contributed by atoms with E-state index in [0.717, 1.165) is 11.1 Å². The Bertz CT molecular complexity index is 726. The van der Waals surface area contributed by atoms with Gasteiger partial charge in [-0.15, -0.1) is 0 Å². The van der Waals surface area contributed by atoms with Crippen molar-refractivity contribution in [2.45, 2.75) is 26.3 Å². The quantitative estimate of drug-likeness (QED) is 0.768. The Balaban J connectivity index is 1.93. The highest BCUT2D eigenvalue weighted by molar-refractivity contribution is 7.91. The third-order valence-corrected chi connectivity index (χ3v) is 5.84. The molecule has 1 heterocycles. The van der Waals surface area contributed by atoms with Crippen LogP contribution in [0.25, 0.3) is 0 Å². The molecule has 2 rings (SSSR count). The first-order valence-corrected chi connectivity index (χ1v) is 9.22. The summed E-state index contributed by atoms with van der Waals surface area (Å²) in [7, 11) is -1.52. The third kappa shape index (κ3) is 4.31. The van der Waals surface area contributed by atoms with E-state index in [1.165, 1.54) is 4.90 Å². The Kier molecular flexibility index (Phi) is 5.09. The van der Waals surface area contributed by atoms with Crippen LogP contribution in [-0.4, -0.2) is 56.4 Å². The largest absolute Gasteiger partial charge is 0.452 e. The van der Waals surface area contributed by atoms with E-state index in [9.17, 15) is 18.0 Å². The molecule has 0 bridgehead atoms. The number of carbonyl (C=O) groups excluding carboxylic acids is 2. The van der Waals surface area contributed by atoms with Crippen molar-refractivity contribution < 1.29 is 22.7 Å². The maximum absolute atomic E-state index is 12.1. The fourth-order valence-corrected chi connectivity index (χ4v) is 4.32. The van der Waals surface area contributed by atoms with Crippen LogP contribution < -0.4 is 0 Å². The van der Waals surface area contributed by atoms with Crippen molar-refractivity contribution in [2.75, 3.05) is 25.2 Å². The van der Waals surface area contributed by atoms with Gasteiger partial charge in [-0.05, 0) is 31.9 Å². The first kappa shape index (κ1) is 17.5. The third-order valence-electron chi connectivity index (χ3n) is 4.09. The highest BCUT2D eigenvalue weighted by atomic mass is 32.2. The summed E-state index contributed by atoms with van der Waals surface area (Å²) in [4.78, 5) is 25.5. The highest BCUT2D eigenvalue weighted by Crippen LogP contribution is 2.17. The number of rotatable bonds is 4. The minimum absolute atomic E-state index is 0.0276. The van der Waals surface area contributed by atoms with E-state index in [2.05, 4.69) is 0 Å². The normalized spacial score (nSPS) is 19.3. The summed E-state index contributed by atoms with van der Waals surface area (Å²) < 4.78 is 28.0. The number of likely N-dealkylation sites (N-methyl/N-ethyl adjacent to an activating group) is 1. The van der Waals surface area contributed by atoms with E-state index in [4.69, 9.17) is 4.74 Å². The number of esters is 1. The van der Waals surface area contributed by atoms with Gasteiger partial charge in [0.25, 0.3) is 5.91 Å². The van der Waals surface area contributed by atoms with Gasteiger partial charge in [-0.25, -0.2) is 13.2 Å². The summed E-state index contributed by atoms with van der Waals surface area (Å²) in [6.45, 7) is 3.28. The zero-order chi connectivity index (χ0) is 17.2. The summed E-state index contributed by atoms with van der Waals surface area (Å²) in [6.07, 6.45) is 0.426. The van der Waals surface area contributed by atoms with Crippen LogP contribution in [0, 0.1) is 13.8 Å². The Morgan fingerprint density at radius 1 is 1.30 bits per heavy atom. The summed E-state index contributed by atoms with van der Waals surface area (Å²) in [5.41, 5.74) is 2.15. The van der Waals surface area contributed by atoms with Crippen molar-refractivity contribution in [2.24, 2.45) is 0 Å². The van der Waals surface area contributed by atoms with E-state index in [1.54, 1.807) is 20.0 Å². The topological polar surface area (TPSA) is 80.8 Å². The van der Waals surface area contributed by atoms with Crippen LogP contribution >= 0.6 is 0 Å². The van der Waals surface area contributed by atoms with Crippen LogP contribution in [0.15, 0.2) is 18.2 Å². The molecular formula is C16H21NO5S. The minimum atomic E-state index is -3.06. The molecule has 0 spiro atoms. The Morgan fingerprint density at radius 2 is 2.00 bits per heavy atom. The molecule has 0 aromatic heterocycles. The second-order valence-electron chi connectivity index (χ2n) is 5.96. The van der Waals surface area contributed by atoms with Crippen LogP contribution in [0.2, 0.25) is 0 Å². The van der Waals surface area contributed by atoms with Crippen LogP contribution in [0.1, 0.15) is 27.9 Å². The van der Waals surface area contributed by atoms with Crippen molar-refractivity contribution in [1.29, 1.82) is 0 Å². The van der Waals surface area contributed by atoms with Gasteiger partial charge in [0.1, 0.15) is 0 Å². The van der Waals surface area contributed by atoms with Gasteiger partial charge in [0.05, 0.1) is 17.1 Å². The fraction of sp³-hybridized carbons (Fsp3) is 0.500. The van der Waals surface area contributed by atoms with Crippen molar-refractivity contribution in [3.63, 3.8) is 0 Å². The number of carbonyl (C=O) groups is 2.